The van der Waals surface area contributed by atoms with E-state index in [1.54, 1.807) is 0 Å². The molecule has 5 heteroatoms. The van der Waals surface area contributed by atoms with Gasteiger partial charge < -0.3 is 5.32 Å². The van der Waals surface area contributed by atoms with Gasteiger partial charge in [0.15, 0.2) is 0 Å². The lowest BCUT2D eigenvalue weighted by molar-refractivity contribution is -0.115. The van der Waals surface area contributed by atoms with Crippen molar-refractivity contribution in [2.45, 2.75) is 6.04 Å². The van der Waals surface area contributed by atoms with E-state index in [2.05, 4.69) is 26.6 Å². The second-order valence-corrected chi connectivity index (χ2v) is 5.94. The third kappa shape index (κ3) is 2.59. The van der Waals surface area contributed by atoms with Gasteiger partial charge in [0.25, 0.3) is 0 Å². The van der Waals surface area contributed by atoms with E-state index < -0.39 is 0 Å². The van der Waals surface area contributed by atoms with Gasteiger partial charge in [-0.05, 0) is 35.4 Å². The van der Waals surface area contributed by atoms with Crippen molar-refractivity contribution in [3.05, 3.63) is 63.1 Å². The largest absolute Gasteiger partial charge is 0.325 e. The zero-order valence-corrected chi connectivity index (χ0v) is 12.8. The maximum absolute atomic E-state index is 11.8. The van der Waals surface area contributed by atoms with Crippen molar-refractivity contribution in [1.29, 1.82) is 0 Å². The summed E-state index contributed by atoms with van der Waals surface area (Å²) in [6, 6.07) is 13.4. The van der Waals surface area contributed by atoms with Crippen molar-refractivity contribution in [3.8, 4) is 0 Å². The van der Waals surface area contributed by atoms with Crippen LogP contribution < -0.4 is 10.6 Å². The Bertz CT molecular complexity index is 675. The third-order valence-corrected chi connectivity index (χ3v) is 4.12. The van der Waals surface area contributed by atoms with Gasteiger partial charge in [-0.25, -0.2) is 0 Å². The van der Waals surface area contributed by atoms with Crippen LogP contribution in [0.1, 0.15) is 17.2 Å². The van der Waals surface area contributed by atoms with Crippen LogP contribution in [0, 0.1) is 0 Å². The topological polar surface area (TPSA) is 41.1 Å². The Morgan fingerprint density at radius 2 is 1.95 bits per heavy atom. The van der Waals surface area contributed by atoms with E-state index in [-0.39, 0.29) is 18.5 Å². The monoisotopic (exact) mass is 350 g/mol. The molecule has 1 aliphatic heterocycles. The van der Waals surface area contributed by atoms with Gasteiger partial charge >= 0.3 is 0 Å². The predicted molar refractivity (Wildman–Crippen MR) is 84.1 cm³/mol. The number of nitrogens with one attached hydrogen (secondary N) is 2. The molecule has 0 saturated heterocycles. The van der Waals surface area contributed by atoms with Crippen molar-refractivity contribution >= 4 is 39.1 Å². The van der Waals surface area contributed by atoms with Crippen molar-refractivity contribution in [2.75, 3.05) is 11.9 Å². The molecule has 3 rings (SSSR count). The summed E-state index contributed by atoms with van der Waals surface area (Å²) in [5.41, 5.74) is 2.77. The Morgan fingerprint density at radius 1 is 1.15 bits per heavy atom. The van der Waals surface area contributed by atoms with Crippen LogP contribution in [0.25, 0.3) is 0 Å². The molecule has 102 valence electrons. The van der Waals surface area contributed by atoms with Crippen molar-refractivity contribution in [1.82, 2.24) is 5.32 Å². The molecule has 3 nitrogen and oxygen atoms in total. The second-order valence-electron chi connectivity index (χ2n) is 4.62. The predicted octanol–water partition coefficient (Wildman–Crippen LogP) is 3.73. The highest BCUT2D eigenvalue weighted by atomic mass is 79.9. The first-order valence-electron chi connectivity index (χ1n) is 6.22. The van der Waals surface area contributed by atoms with E-state index in [0.29, 0.717) is 5.02 Å². The molecule has 1 aliphatic rings. The van der Waals surface area contributed by atoms with E-state index in [1.165, 1.54) is 0 Å². The maximum Gasteiger partial charge on any atom is 0.238 e. The molecule has 0 spiro atoms. The fourth-order valence-corrected chi connectivity index (χ4v) is 3.00. The number of rotatable bonds is 1. The quantitative estimate of drug-likeness (QED) is 0.822. The van der Waals surface area contributed by atoms with E-state index in [4.69, 9.17) is 11.6 Å². The molecule has 0 saturated carbocycles. The summed E-state index contributed by atoms with van der Waals surface area (Å²) in [7, 11) is 0. The lowest BCUT2D eigenvalue weighted by Crippen LogP contribution is -2.27. The van der Waals surface area contributed by atoms with Crippen LogP contribution in [0.4, 0.5) is 5.69 Å². The first-order chi connectivity index (χ1) is 9.65. The molecule has 0 aliphatic carbocycles. The molecule has 0 unspecified atom stereocenters. The standard InChI is InChI=1S/C15H12BrClN2O/c16-9-5-6-13-11(7-9)15(18-8-14(20)19-13)10-3-1-2-4-12(10)17/h1-7,15,18H,8H2,(H,19,20)/t15-/m0/s1. The van der Waals surface area contributed by atoms with Gasteiger partial charge in [-0.1, -0.05) is 45.7 Å². The summed E-state index contributed by atoms with van der Waals surface area (Å²) in [6.45, 7) is 0.252. The zero-order valence-electron chi connectivity index (χ0n) is 10.5. The molecule has 2 aromatic carbocycles. The Morgan fingerprint density at radius 3 is 2.75 bits per heavy atom. The number of hydrogen-bond acceptors (Lipinski definition) is 2. The lowest BCUT2D eigenvalue weighted by Gasteiger charge is -2.20. The molecular formula is C15H12BrClN2O. The Balaban J connectivity index is 2.15. The third-order valence-electron chi connectivity index (χ3n) is 3.28. The normalized spacial score (nSPS) is 18.1. The summed E-state index contributed by atoms with van der Waals surface area (Å²) in [5.74, 6) is -0.0527. The summed E-state index contributed by atoms with van der Waals surface area (Å²) in [5, 5.41) is 6.84. The van der Waals surface area contributed by atoms with Crippen LogP contribution in [0.3, 0.4) is 0 Å². The minimum atomic E-state index is -0.116. The van der Waals surface area contributed by atoms with Gasteiger partial charge in [0, 0.05) is 15.2 Å². The minimum Gasteiger partial charge on any atom is -0.325 e. The summed E-state index contributed by atoms with van der Waals surface area (Å²) < 4.78 is 0.964. The van der Waals surface area contributed by atoms with Crippen molar-refractivity contribution in [3.63, 3.8) is 0 Å². The molecule has 2 N–H and O–H groups in total. The second kappa shape index (κ2) is 5.56. The molecule has 1 atom stereocenters. The zero-order chi connectivity index (χ0) is 14.1. The molecule has 1 amide bonds. The molecule has 0 aromatic heterocycles. The van der Waals surface area contributed by atoms with E-state index in [1.807, 2.05) is 42.5 Å². The van der Waals surface area contributed by atoms with Gasteiger partial charge in [0.1, 0.15) is 0 Å². The molecule has 0 bridgehead atoms. The fraction of sp³-hybridized carbons (Fsp3) is 0.133. The number of fused-ring (bicyclic) bond motifs is 1. The van der Waals surface area contributed by atoms with Gasteiger partial charge in [0.2, 0.25) is 5.91 Å². The number of carbonyl (C=O) groups is 1. The van der Waals surface area contributed by atoms with Crippen LogP contribution in [-0.2, 0) is 4.79 Å². The van der Waals surface area contributed by atoms with Crippen LogP contribution in [0.2, 0.25) is 5.02 Å². The van der Waals surface area contributed by atoms with Crippen LogP contribution in [0.15, 0.2) is 46.9 Å². The fourth-order valence-electron chi connectivity index (χ4n) is 2.37. The average Bonchev–Trinajstić information content (AvgIpc) is 2.58. The maximum atomic E-state index is 11.8. The van der Waals surface area contributed by atoms with Crippen molar-refractivity contribution < 1.29 is 4.79 Å². The van der Waals surface area contributed by atoms with E-state index >= 15 is 0 Å². The highest BCUT2D eigenvalue weighted by molar-refractivity contribution is 9.10. The van der Waals surface area contributed by atoms with Crippen LogP contribution >= 0.6 is 27.5 Å². The van der Waals surface area contributed by atoms with E-state index in [9.17, 15) is 4.79 Å². The van der Waals surface area contributed by atoms with Crippen LogP contribution in [-0.4, -0.2) is 12.5 Å². The molecule has 20 heavy (non-hydrogen) atoms. The highest BCUT2D eigenvalue weighted by Crippen LogP contribution is 2.35. The Labute approximate surface area is 130 Å². The molecule has 2 aromatic rings. The van der Waals surface area contributed by atoms with Gasteiger partial charge in [-0.2, -0.15) is 0 Å². The minimum absolute atomic E-state index is 0.0527. The van der Waals surface area contributed by atoms with Gasteiger partial charge in [0.05, 0.1) is 12.6 Å². The lowest BCUT2D eigenvalue weighted by atomic mass is 9.97. The summed E-state index contributed by atoms with van der Waals surface area (Å²) in [6.07, 6.45) is 0. The SMILES string of the molecule is O=C1CN[C@@H](c2ccccc2Cl)c2cc(Br)ccc2N1. The number of benzene rings is 2. The number of halogens is 2. The van der Waals surface area contributed by atoms with E-state index in [0.717, 1.165) is 21.3 Å². The van der Waals surface area contributed by atoms with Crippen LogP contribution in [0.5, 0.6) is 0 Å². The molecule has 0 radical (unpaired) electrons. The first-order valence-corrected chi connectivity index (χ1v) is 7.39. The number of amides is 1. The summed E-state index contributed by atoms with van der Waals surface area (Å²) >= 11 is 9.77. The summed E-state index contributed by atoms with van der Waals surface area (Å²) in [4.78, 5) is 11.8. The average molecular weight is 352 g/mol. The Kier molecular flexibility index (Phi) is 3.78. The first kappa shape index (κ1) is 13.6. The van der Waals surface area contributed by atoms with Crippen molar-refractivity contribution in [2.24, 2.45) is 0 Å². The van der Waals surface area contributed by atoms with Gasteiger partial charge in [-0.3, -0.25) is 10.1 Å². The molecule has 1 heterocycles. The highest BCUT2D eigenvalue weighted by Gasteiger charge is 2.24. The smallest absolute Gasteiger partial charge is 0.238 e. The molecule has 0 fully saturated rings. The Hall–Kier alpha value is -1.36. The number of carbonyl (C=O) groups excluding carboxylic acids is 1. The number of hydrogen-bond donors (Lipinski definition) is 2. The van der Waals surface area contributed by atoms with Gasteiger partial charge in [-0.15, -0.1) is 0 Å². The number of anilines is 1. The molecular weight excluding hydrogens is 340 g/mol.